The van der Waals surface area contributed by atoms with E-state index in [-0.39, 0.29) is 5.91 Å². The predicted octanol–water partition coefficient (Wildman–Crippen LogP) is 4.03. The lowest BCUT2D eigenvalue weighted by Crippen LogP contribution is -2.20. The van der Waals surface area contributed by atoms with E-state index in [0.717, 1.165) is 28.3 Å². The molecule has 7 heteroatoms. The van der Waals surface area contributed by atoms with Gasteiger partial charge in [0.2, 0.25) is 0 Å². The number of carbonyl (C=O) groups is 1. The SMILES string of the molecule is CCOc1ccc(/C(CC)=N\NC(=O)c2cc(-c3ccc(OC)cc3)n[nH]2)cc1. The van der Waals surface area contributed by atoms with Crippen LogP contribution in [0.5, 0.6) is 11.5 Å². The lowest BCUT2D eigenvalue weighted by Gasteiger charge is -2.07. The largest absolute Gasteiger partial charge is 0.497 e. The quantitative estimate of drug-likeness (QED) is 0.447. The number of nitrogens with zero attached hydrogens (tertiary/aromatic N) is 2. The fourth-order valence-electron chi connectivity index (χ4n) is 2.78. The van der Waals surface area contributed by atoms with Gasteiger partial charge in [-0.05, 0) is 73.5 Å². The molecule has 150 valence electrons. The fraction of sp³-hybridized carbons (Fsp3) is 0.227. The van der Waals surface area contributed by atoms with Gasteiger partial charge in [-0.15, -0.1) is 0 Å². The maximum Gasteiger partial charge on any atom is 0.289 e. The van der Waals surface area contributed by atoms with Crippen LogP contribution < -0.4 is 14.9 Å². The van der Waals surface area contributed by atoms with Crippen molar-refractivity contribution < 1.29 is 14.3 Å². The molecule has 29 heavy (non-hydrogen) atoms. The molecular formula is C22H24N4O3. The highest BCUT2D eigenvalue weighted by molar-refractivity contribution is 6.02. The van der Waals surface area contributed by atoms with Crippen molar-refractivity contribution in [3.63, 3.8) is 0 Å². The number of rotatable bonds is 8. The number of hydrogen-bond acceptors (Lipinski definition) is 5. The molecule has 0 aliphatic heterocycles. The Hall–Kier alpha value is -3.61. The molecule has 7 nitrogen and oxygen atoms in total. The Morgan fingerprint density at radius 1 is 1.07 bits per heavy atom. The van der Waals surface area contributed by atoms with Crippen molar-refractivity contribution >= 4 is 11.6 Å². The number of aromatic nitrogens is 2. The molecule has 0 atom stereocenters. The minimum absolute atomic E-state index is 0.335. The summed E-state index contributed by atoms with van der Waals surface area (Å²) in [7, 11) is 1.62. The Morgan fingerprint density at radius 3 is 2.38 bits per heavy atom. The molecule has 1 amide bonds. The summed E-state index contributed by atoms with van der Waals surface area (Å²) < 4.78 is 10.6. The summed E-state index contributed by atoms with van der Waals surface area (Å²) in [6.45, 7) is 4.55. The monoisotopic (exact) mass is 392 g/mol. The molecule has 2 N–H and O–H groups in total. The van der Waals surface area contributed by atoms with Crippen molar-refractivity contribution in [3.8, 4) is 22.8 Å². The smallest absolute Gasteiger partial charge is 0.289 e. The molecule has 1 heterocycles. The van der Waals surface area contributed by atoms with Crippen LogP contribution in [0.3, 0.4) is 0 Å². The highest BCUT2D eigenvalue weighted by atomic mass is 16.5. The Morgan fingerprint density at radius 2 is 1.76 bits per heavy atom. The van der Waals surface area contributed by atoms with Crippen LogP contribution in [0.15, 0.2) is 59.7 Å². The molecule has 3 aromatic rings. The average molecular weight is 392 g/mol. The number of ether oxygens (including phenoxy) is 2. The minimum atomic E-state index is -0.353. The van der Waals surface area contributed by atoms with Crippen LogP contribution in [0.1, 0.15) is 36.3 Å². The van der Waals surface area contributed by atoms with Crippen LogP contribution in [0.2, 0.25) is 0 Å². The average Bonchev–Trinajstić information content (AvgIpc) is 3.26. The van der Waals surface area contributed by atoms with E-state index in [1.807, 2.05) is 62.4 Å². The number of H-pyrrole nitrogens is 1. The summed E-state index contributed by atoms with van der Waals surface area (Å²) in [4.78, 5) is 12.5. The lowest BCUT2D eigenvalue weighted by atomic mass is 10.1. The second kappa shape index (κ2) is 9.54. The molecule has 0 spiro atoms. The molecule has 0 aliphatic rings. The minimum Gasteiger partial charge on any atom is -0.497 e. The van der Waals surface area contributed by atoms with Gasteiger partial charge in [-0.3, -0.25) is 9.89 Å². The summed E-state index contributed by atoms with van der Waals surface area (Å²) in [5.74, 6) is 1.21. The first-order chi connectivity index (χ1) is 14.1. The number of carbonyl (C=O) groups excluding carboxylic acids is 1. The Bertz CT molecular complexity index is 976. The number of hydrazone groups is 1. The van der Waals surface area contributed by atoms with Crippen molar-refractivity contribution in [1.29, 1.82) is 0 Å². The number of nitrogens with one attached hydrogen (secondary N) is 2. The standard InChI is InChI=1S/C22H24N4O3/c1-4-19(15-8-12-18(13-9-15)29-5-2)23-26-22(27)21-14-20(24-25-21)16-6-10-17(28-3)11-7-16/h6-14H,4-5H2,1-3H3,(H,24,25)(H,26,27)/b23-19-. The summed E-state index contributed by atoms with van der Waals surface area (Å²) in [6.07, 6.45) is 0.675. The van der Waals surface area contributed by atoms with E-state index in [9.17, 15) is 4.79 Å². The van der Waals surface area contributed by atoms with Gasteiger partial charge in [-0.1, -0.05) is 6.92 Å². The first-order valence-corrected chi connectivity index (χ1v) is 9.44. The second-order valence-electron chi connectivity index (χ2n) is 6.21. The van der Waals surface area contributed by atoms with Crippen molar-refractivity contribution in [2.24, 2.45) is 5.10 Å². The van der Waals surface area contributed by atoms with Crippen molar-refractivity contribution in [2.45, 2.75) is 20.3 Å². The molecule has 0 fully saturated rings. The molecule has 0 radical (unpaired) electrons. The molecule has 0 unspecified atom stereocenters. The van der Waals surface area contributed by atoms with Crippen molar-refractivity contribution in [3.05, 3.63) is 65.9 Å². The Labute approximate surface area is 169 Å². The van der Waals surface area contributed by atoms with E-state index in [1.54, 1.807) is 13.2 Å². The first-order valence-electron chi connectivity index (χ1n) is 9.44. The van der Waals surface area contributed by atoms with Crippen LogP contribution in [0.4, 0.5) is 0 Å². The van der Waals surface area contributed by atoms with Gasteiger partial charge in [0, 0.05) is 5.56 Å². The molecule has 0 saturated heterocycles. The number of methoxy groups -OCH3 is 1. The third kappa shape index (κ3) is 5.01. The molecule has 0 bridgehead atoms. The molecule has 3 rings (SSSR count). The van der Waals surface area contributed by atoms with E-state index in [0.29, 0.717) is 24.4 Å². The van der Waals surface area contributed by atoms with E-state index >= 15 is 0 Å². The van der Waals surface area contributed by atoms with Crippen LogP contribution in [-0.4, -0.2) is 35.5 Å². The Kier molecular flexibility index (Phi) is 6.63. The summed E-state index contributed by atoms with van der Waals surface area (Å²) >= 11 is 0. The molecule has 0 aliphatic carbocycles. The predicted molar refractivity (Wildman–Crippen MR) is 112 cm³/mol. The molecular weight excluding hydrogens is 368 g/mol. The number of amides is 1. The van der Waals surface area contributed by atoms with Crippen LogP contribution >= 0.6 is 0 Å². The fourth-order valence-corrected chi connectivity index (χ4v) is 2.78. The maximum absolute atomic E-state index is 12.5. The van der Waals surface area contributed by atoms with Gasteiger partial charge in [-0.2, -0.15) is 10.2 Å². The zero-order chi connectivity index (χ0) is 20.6. The zero-order valence-corrected chi connectivity index (χ0v) is 16.7. The van der Waals surface area contributed by atoms with Gasteiger partial charge in [-0.25, -0.2) is 5.43 Å². The van der Waals surface area contributed by atoms with Gasteiger partial charge in [0.1, 0.15) is 17.2 Å². The van der Waals surface area contributed by atoms with Gasteiger partial charge in [0.25, 0.3) is 5.91 Å². The Balaban J connectivity index is 1.69. The molecule has 1 aromatic heterocycles. The normalized spacial score (nSPS) is 11.2. The number of benzene rings is 2. The van der Waals surface area contributed by atoms with Gasteiger partial charge >= 0.3 is 0 Å². The summed E-state index contributed by atoms with van der Waals surface area (Å²) in [6, 6.07) is 16.8. The van der Waals surface area contributed by atoms with Crippen molar-refractivity contribution in [2.75, 3.05) is 13.7 Å². The van der Waals surface area contributed by atoms with E-state index in [1.165, 1.54) is 0 Å². The van der Waals surface area contributed by atoms with E-state index in [2.05, 4.69) is 20.7 Å². The van der Waals surface area contributed by atoms with Crippen LogP contribution in [0, 0.1) is 0 Å². The topological polar surface area (TPSA) is 88.6 Å². The van der Waals surface area contributed by atoms with Crippen molar-refractivity contribution in [1.82, 2.24) is 15.6 Å². The number of aromatic amines is 1. The summed E-state index contributed by atoms with van der Waals surface area (Å²) in [5, 5.41) is 11.2. The number of hydrogen-bond donors (Lipinski definition) is 2. The van der Waals surface area contributed by atoms with Gasteiger partial charge < -0.3 is 9.47 Å². The van der Waals surface area contributed by atoms with Gasteiger partial charge in [0.05, 0.1) is 25.1 Å². The molecule has 0 saturated carbocycles. The third-order valence-corrected chi connectivity index (χ3v) is 4.33. The second-order valence-corrected chi connectivity index (χ2v) is 6.21. The van der Waals surface area contributed by atoms with Crippen LogP contribution in [-0.2, 0) is 0 Å². The van der Waals surface area contributed by atoms with E-state index < -0.39 is 0 Å². The molecule has 2 aromatic carbocycles. The summed E-state index contributed by atoms with van der Waals surface area (Å²) in [5.41, 5.74) is 6.19. The highest BCUT2D eigenvalue weighted by Gasteiger charge is 2.11. The third-order valence-electron chi connectivity index (χ3n) is 4.33. The van der Waals surface area contributed by atoms with Crippen LogP contribution in [0.25, 0.3) is 11.3 Å². The highest BCUT2D eigenvalue weighted by Crippen LogP contribution is 2.21. The lowest BCUT2D eigenvalue weighted by molar-refractivity contribution is 0.0950. The zero-order valence-electron chi connectivity index (χ0n) is 16.7. The van der Waals surface area contributed by atoms with E-state index in [4.69, 9.17) is 9.47 Å². The first kappa shape index (κ1) is 20.1. The maximum atomic E-state index is 12.5. The van der Waals surface area contributed by atoms with Gasteiger partial charge in [0.15, 0.2) is 0 Å².